The van der Waals surface area contributed by atoms with E-state index in [4.69, 9.17) is 4.74 Å². The van der Waals surface area contributed by atoms with Gasteiger partial charge in [0.1, 0.15) is 5.75 Å². The molecule has 0 aliphatic carbocycles. The second kappa shape index (κ2) is 5.17. The van der Waals surface area contributed by atoms with Gasteiger partial charge in [0.25, 0.3) is 0 Å². The van der Waals surface area contributed by atoms with Crippen LogP contribution in [0, 0.1) is 0 Å². The zero-order valence-electron chi connectivity index (χ0n) is 9.11. The van der Waals surface area contributed by atoms with Crippen LogP contribution in [0.1, 0.15) is 6.92 Å². The summed E-state index contributed by atoms with van der Waals surface area (Å²) in [7, 11) is 0. The number of rotatable bonds is 3. The number of para-hydroxylation sites is 1. The molecule has 0 N–H and O–H groups in total. The van der Waals surface area contributed by atoms with Crippen molar-refractivity contribution in [2.75, 3.05) is 6.61 Å². The fourth-order valence-corrected chi connectivity index (χ4v) is 2.13. The van der Waals surface area contributed by atoms with Gasteiger partial charge in [0.05, 0.1) is 11.1 Å². The van der Waals surface area contributed by atoms with Crippen molar-refractivity contribution in [3.63, 3.8) is 0 Å². The van der Waals surface area contributed by atoms with Gasteiger partial charge in [0.2, 0.25) is 0 Å². The van der Waals surface area contributed by atoms with Crippen LogP contribution < -0.4 is 4.74 Å². The summed E-state index contributed by atoms with van der Waals surface area (Å²) in [4.78, 5) is 0. The quantitative estimate of drug-likeness (QED) is 0.801. The Labute approximate surface area is 104 Å². The van der Waals surface area contributed by atoms with Crippen LogP contribution in [0.15, 0.2) is 53.0 Å². The fraction of sp³-hybridized carbons (Fsp3) is 0.143. The smallest absolute Gasteiger partial charge is 0.141 e. The molecular weight excluding hydrogens is 264 g/mol. The largest absolute Gasteiger partial charge is 0.492 e. The van der Waals surface area contributed by atoms with Gasteiger partial charge in [-0.1, -0.05) is 42.5 Å². The van der Waals surface area contributed by atoms with E-state index in [1.165, 1.54) is 5.56 Å². The third-order valence-electron chi connectivity index (χ3n) is 2.34. The van der Waals surface area contributed by atoms with Crippen LogP contribution in [0.25, 0.3) is 11.1 Å². The summed E-state index contributed by atoms with van der Waals surface area (Å²) in [6.07, 6.45) is 0. The molecule has 82 valence electrons. The summed E-state index contributed by atoms with van der Waals surface area (Å²) < 4.78 is 6.67. The lowest BCUT2D eigenvalue weighted by Crippen LogP contribution is -1.95. The van der Waals surface area contributed by atoms with Crippen LogP contribution in [0.4, 0.5) is 0 Å². The number of halogens is 1. The van der Waals surface area contributed by atoms with Crippen molar-refractivity contribution in [2.45, 2.75) is 6.92 Å². The van der Waals surface area contributed by atoms with E-state index in [0.29, 0.717) is 6.61 Å². The molecule has 0 saturated heterocycles. The summed E-state index contributed by atoms with van der Waals surface area (Å²) in [6.45, 7) is 2.66. The SMILES string of the molecule is CCOc1c(Br)cccc1-c1ccccc1. The predicted molar refractivity (Wildman–Crippen MR) is 70.7 cm³/mol. The standard InChI is InChI=1S/C14H13BrO/c1-2-16-14-12(9-6-10-13(14)15)11-7-4-3-5-8-11/h3-10H,2H2,1H3. The molecule has 0 bridgehead atoms. The van der Waals surface area contributed by atoms with Crippen molar-refractivity contribution >= 4 is 15.9 Å². The summed E-state index contributed by atoms with van der Waals surface area (Å²) in [5.41, 5.74) is 2.30. The first-order valence-electron chi connectivity index (χ1n) is 5.29. The molecule has 0 atom stereocenters. The van der Waals surface area contributed by atoms with Gasteiger partial charge in [-0.25, -0.2) is 0 Å². The molecule has 0 spiro atoms. The van der Waals surface area contributed by atoms with Crippen LogP contribution in [0.5, 0.6) is 5.75 Å². The monoisotopic (exact) mass is 276 g/mol. The third-order valence-corrected chi connectivity index (χ3v) is 2.96. The first kappa shape index (κ1) is 11.2. The Bertz CT molecular complexity index is 465. The maximum atomic E-state index is 5.68. The molecule has 2 rings (SSSR count). The van der Waals surface area contributed by atoms with Crippen molar-refractivity contribution in [1.29, 1.82) is 0 Å². The summed E-state index contributed by atoms with van der Waals surface area (Å²) in [5.74, 6) is 0.913. The first-order chi connectivity index (χ1) is 7.83. The van der Waals surface area contributed by atoms with E-state index in [9.17, 15) is 0 Å². The average Bonchev–Trinajstić information content (AvgIpc) is 2.33. The maximum Gasteiger partial charge on any atom is 0.141 e. The van der Waals surface area contributed by atoms with E-state index in [2.05, 4.69) is 34.1 Å². The maximum absolute atomic E-state index is 5.68. The van der Waals surface area contributed by atoms with Crippen molar-refractivity contribution in [3.8, 4) is 16.9 Å². The van der Waals surface area contributed by atoms with E-state index >= 15 is 0 Å². The second-order valence-corrected chi connectivity index (χ2v) is 4.27. The Morgan fingerprint density at radius 3 is 2.44 bits per heavy atom. The van der Waals surface area contributed by atoms with Crippen LogP contribution in [0.2, 0.25) is 0 Å². The molecule has 0 radical (unpaired) electrons. The van der Waals surface area contributed by atoms with Crippen LogP contribution >= 0.6 is 15.9 Å². The topological polar surface area (TPSA) is 9.23 Å². The summed E-state index contributed by atoms with van der Waals surface area (Å²) in [6, 6.07) is 16.4. The Hall–Kier alpha value is -1.28. The van der Waals surface area contributed by atoms with Crippen molar-refractivity contribution < 1.29 is 4.74 Å². The van der Waals surface area contributed by atoms with Gasteiger partial charge in [-0.3, -0.25) is 0 Å². The van der Waals surface area contributed by atoms with Gasteiger partial charge in [-0.2, -0.15) is 0 Å². The second-order valence-electron chi connectivity index (χ2n) is 3.42. The Balaban J connectivity index is 2.52. The highest BCUT2D eigenvalue weighted by Crippen LogP contribution is 2.36. The number of hydrogen-bond donors (Lipinski definition) is 0. The molecule has 16 heavy (non-hydrogen) atoms. The van der Waals surface area contributed by atoms with E-state index in [1.807, 2.05) is 37.3 Å². The van der Waals surface area contributed by atoms with Crippen LogP contribution in [-0.2, 0) is 0 Å². The molecule has 2 aromatic rings. The summed E-state index contributed by atoms with van der Waals surface area (Å²) in [5, 5.41) is 0. The highest BCUT2D eigenvalue weighted by atomic mass is 79.9. The van der Waals surface area contributed by atoms with Gasteiger partial charge in [0, 0.05) is 5.56 Å². The lowest BCUT2D eigenvalue weighted by Gasteiger charge is -2.11. The highest BCUT2D eigenvalue weighted by Gasteiger charge is 2.08. The van der Waals surface area contributed by atoms with Gasteiger partial charge < -0.3 is 4.74 Å². The average molecular weight is 277 g/mol. The molecule has 0 aromatic heterocycles. The molecule has 2 aromatic carbocycles. The van der Waals surface area contributed by atoms with E-state index < -0.39 is 0 Å². The lowest BCUT2D eigenvalue weighted by atomic mass is 10.1. The molecule has 0 heterocycles. The highest BCUT2D eigenvalue weighted by molar-refractivity contribution is 9.10. The molecule has 0 unspecified atom stereocenters. The van der Waals surface area contributed by atoms with Crippen molar-refractivity contribution in [1.82, 2.24) is 0 Å². The van der Waals surface area contributed by atoms with Crippen molar-refractivity contribution in [3.05, 3.63) is 53.0 Å². The Morgan fingerprint density at radius 1 is 1.00 bits per heavy atom. The minimum Gasteiger partial charge on any atom is -0.492 e. The number of benzene rings is 2. The molecule has 0 fully saturated rings. The van der Waals surface area contributed by atoms with Gasteiger partial charge in [-0.15, -0.1) is 0 Å². The minimum atomic E-state index is 0.669. The van der Waals surface area contributed by atoms with Crippen LogP contribution in [0.3, 0.4) is 0 Å². The predicted octanol–water partition coefficient (Wildman–Crippen LogP) is 4.51. The number of ether oxygens (including phenoxy) is 1. The van der Waals surface area contributed by atoms with Gasteiger partial charge in [-0.05, 0) is 34.5 Å². The molecule has 1 nitrogen and oxygen atoms in total. The minimum absolute atomic E-state index is 0.669. The molecular formula is C14H13BrO. The molecule has 0 aliphatic heterocycles. The van der Waals surface area contributed by atoms with Crippen molar-refractivity contribution in [2.24, 2.45) is 0 Å². The van der Waals surface area contributed by atoms with Gasteiger partial charge >= 0.3 is 0 Å². The van der Waals surface area contributed by atoms with Gasteiger partial charge in [0.15, 0.2) is 0 Å². The Kier molecular flexibility index (Phi) is 3.62. The normalized spacial score (nSPS) is 10.1. The van der Waals surface area contributed by atoms with E-state index in [0.717, 1.165) is 15.8 Å². The zero-order valence-corrected chi connectivity index (χ0v) is 10.7. The zero-order chi connectivity index (χ0) is 11.4. The molecule has 0 saturated carbocycles. The first-order valence-corrected chi connectivity index (χ1v) is 6.09. The molecule has 0 amide bonds. The Morgan fingerprint density at radius 2 is 1.75 bits per heavy atom. The third kappa shape index (κ3) is 2.27. The van der Waals surface area contributed by atoms with Crippen LogP contribution in [-0.4, -0.2) is 6.61 Å². The molecule has 2 heteroatoms. The lowest BCUT2D eigenvalue weighted by molar-refractivity contribution is 0.339. The van der Waals surface area contributed by atoms with E-state index in [1.54, 1.807) is 0 Å². The van der Waals surface area contributed by atoms with E-state index in [-0.39, 0.29) is 0 Å². The fourth-order valence-electron chi connectivity index (χ4n) is 1.64. The summed E-state index contributed by atoms with van der Waals surface area (Å²) >= 11 is 3.52. The molecule has 0 aliphatic rings. The number of hydrogen-bond acceptors (Lipinski definition) is 1.